The topological polar surface area (TPSA) is 38.3 Å². The summed E-state index contributed by atoms with van der Waals surface area (Å²) in [5.41, 5.74) is 1.40. The van der Waals surface area contributed by atoms with E-state index in [2.05, 4.69) is 27.3 Å². The summed E-state index contributed by atoms with van der Waals surface area (Å²) in [6.45, 7) is 2.11. The fourth-order valence-corrected chi connectivity index (χ4v) is 3.80. The number of thiophene rings is 1. The van der Waals surface area contributed by atoms with Crippen molar-refractivity contribution in [3.05, 3.63) is 21.4 Å². The lowest BCUT2D eigenvalue weighted by Crippen LogP contribution is -2.24. The van der Waals surface area contributed by atoms with Crippen LogP contribution in [0, 0.1) is 0 Å². The molecule has 112 valence electrons. The molecule has 2 rings (SSSR count). The highest BCUT2D eigenvalue weighted by atomic mass is 79.9. The maximum absolute atomic E-state index is 12.1. The smallest absolute Gasteiger partial charge is 0.261 e. The van der Waals surface area contributed by atoms with Crippen LogP contribution >= 0.6 is 27.3 Å². The van der Waals surface area contributed by atoms with E-state index in [0.29, 0.717) is 13.2 Å². The Morgan fingerprint density at radius 1 is 1.30 bits per heavy atom. The van der Waals surface area contributed by atoms with Gasteiger partial charge in [-0.3, -0.25) is 4.79 Å². The van der Waals surface area contributed by atoms with Gasteiger partial charge >= 0.3 is 0 Å². The van der Waals surface area contributed by atoms with Crippen molar-refractivity contribution in [3.63, 3.8) is 0 Å². The number of hydrogen-bond acceptors (Lipinski definition) is 3. The molecule has 1 aliphatic carbocycles. The van der Waals surface area contributed by atoms with Gasteiger partial charge in [0.1, 0.15) is 0 Å². The summed E-state index contributed by atoms with van der Waals surface area (Å²) in [5, 5.41) is 3.84. The van der Waals surface area contributed by atoms with Gasteiger partial charge in [-0.1, -0.05) is 22.4 Å². The second-order valence-electron chi connectivity index (χ2n) is 5.03. The van der Waals surface area contributed by atoms with Gasteiger partial charge in [-0.2, -0.15) is 0 Å². The van der Waals surface area contributed by atoms with Gasteiger partial charge in [-0.15, -0.1) is 11.3 Å². The van der Waals surface area contributed by atoms with Crippen molar-refractivity contribution in [1.82, 2.24) is 5.32 Å². The number of carbonyl (C=O) groups excluding carboxylic acids is 1. The van der Waals surface area contributed by atoms with Gasteiger partial charge in [0.2, 0.25) is 0 Å². The van der Waals surface area contributed by atoms with Gasteiger partial charge in [-0.05, 0) is 43.7 Å². The van der Waals surface area contributed by atoms with Crippen LogP contribution < -0.4 is 5.32 Å². The Kier molecular flexibility index (Phi) is 7.03. The van der Waals surface area contributed by atoms with Crippen LogP contribution in [-0.4, -0.2) is 31.0 Å². The molecule has 0 saturated heterocycles. The molecule has 20 heavy (non-hydrogen) atoms. The number of ether oxygens (including phenoxy) is 1. The van der Waals surface area contributed by atoms with E-state index in [4.69, 9.17) is 4.74 Å². The minimum Gasteiger partial charge on any atom is -0.381 e. The lowest BCUT2D eigenvalue weighted by molar-refractivity contribution is 0.0948. The van der Waals surface area contributed by atoms with Gasteiger partial charge in [-0.25, -0.2) is 0 Å². The standard InChI is InChI=1S/C15H22BrNO2S/c16-7-10-19-9-4-8-17-15(18)14-11-12-5-2-1-3-6-13(12)20-14/h11H,1-10H2,(H,17,18). The zero-order valence-electron chi connectivity index (χ0n) is 11.8. The molecule has 0 unspecified atom stereocenters. The summed E-state index contributed by atoms with van der Waals surface area (Å²) < 4.78 is 5.35. The Bertz CT molecular complexity index is 410. The molecule has 1 aromatic heterocycles. The van der Waals surface area contributed by atoms with Crippen molar-refractivity contribution in [2.45, 2.75) is 38.5 Å². The molecular formula is C15H22BrNO2S. The van der Waals surface area contributed by atoms with E-state index < -0.39 is 0 Å². The normalized spacial score (nSPS) is 14.7. The highest BCUT2D eigenvalue weighted by Crippen LogP contribution is 2.28. The van der Waals surface area contributed by atoms with E-state index in [1.807, 2.05) is 0 Å². The minimum atomic E-state index is 0.0727. The van der Waals surface area contributed by atoms with E-state index in [1.54, 1.807) is 11.3 Å². The van der Waals surface area contributed by atoms with Crippen LogP contribution in [0.2, 0.25) is 0 Å². The number of carbonyl (C=O) groups is 1. The third-order valence-corrected chi connectivity index (χ3v) is 5.00. The molecule has 3 nitrogen and oxygen atoms in total. The first-order valence-corrected chi connectivity index (χ1v) is 9.28. The van der Waals surface area contributed by atoms with Crippen LogP contribution in [0.4, 0.5) is 0 Å². The highest BCUT2D eigenvalue weighted by molar-refractivity contribution is 9.09. The van der Waals surface area contributed by atoms with Crippen molar-refractivity contribution < 1.29 is 9.53 Å². The van der Waals surface area contributed by atoms with E-state index in [1.165, 1.54) is 29.7 Å². The Hall–Kier alpha value is -0.390. The van der Waals surface area contributed by atoms with E-state index in [-0.39, 0.29) is 5.91 Å². The van der Waals surface area contributed by atoms with Crippen LogP contribution in [0.3, 0.4) is 0 Å². The molecule has 1 N–H and O–H groups in total. The van der Waals surface area contributed by atoms with Gasteiger partial charge in [0.25, 0.3) is 5.91 Å². The average Bonchev–Trinajstić information content (AvgIpc) is 2.74. The number of alkyl halides is 1. The largest absolute Gasteiger partial charge is 0.381 e. The first-order chi connectivity index (χ1) is 9.81. The zero-order chi connectivity index (χ0) is 14.2. The lowest BCUT2D eigenvalue weighted by Gasteiger charge is -2.04. The number of aryl methyl sites for hydroxylation is 2. The van der Waals surface area contributed by atoms with Crippen molar-refractivity contribution in [1.29, 1.82) is 0 Å². The summed E-state index contributed by atoms with van der Waals surface area (Å²) >= 11 is 4.99. The van der Waals surface area contributed by atoms with Crippen LogP contribution in [0.25, 0.3) is 0 Å². The van der Waals surface area contributed by atoms with E-state index in [9.17, 15) is 4.79 Å². The predicted octanol–water partition coefficient (Wildman–Crippen LogP) is 3.55. The Labute approximate surface area is 133 Å². The van der Waals surface area contributed by atoms with E-state index >= 15 is 0 Å². The van der Waals surface area contributed by atoms with Gasteiger partial charge in [0, 0.05) is 23.4 Å². The number of amides is 1. The van der Waals surface area contributed by atoms with Crippen molar-refractivity contribution in [2.75, 3.05) is 25.1 Å². The van der Waals surface area contributed by atoms with Gasteiger partial charge in [0.05, 0.1) is 11.5 Å². The van der Waals surface area contributed by atoms with Crippen molar-refractivity contribution >= 4 is 33.2 Å². The quantitative estimate of drug-likeness (QED) is 0.459. The molecule has 5 heteroatoms. The third-order valence-electron chi connectivity index (χ3n) is 3.44. The van der Waals surface area contributed by atoms with Crippen LogP contribution in [0.5, 0.6) is 0 Å². The maximum Gasteiger partial charge on any atom is 0.261 e. The Morgan fingerprint density at radius 3 is 3.00 bits per heavy atom. The number of fused-ring (bicyclic) bond motifs is 1. The molecule has 1 aliphatic rings. The number of hydrogen-bond donors (Lipinski definition) is 1. The molecular weight excluding hydrogens is 338 g/mol. The van der Waals surface area contributed by atoms with Gasteiger partial charge < -0.3 is 10.1 Å². The molecule has 0 atom stereocenters. The average molecular weight is 360 g/mol. The molecule has 1 aromatic rings. The highest BCUT2D eigenvalue weighted by Gasteiger charge is 2.15. The van der Waals surface area contributed by atoms with E-state index in [0.717, 1.165) is 36.1 Å². The lowest BCUT2D eigenvalue weighted by atomic mass is 10.1. The number of rotatable bonds is 7. The fraction of sp³-hybridized carbons (Fsp3) is 0.667. The molecule has 1 amide bonds. The number of nitrogens with one attached hydrogen (secondary N) is 1. The Balaban J connectivity index is 1.75. The minimum absolute atomic E-state index is 0.0727. The second kappa shape index (κ2) is 8.80. The molecule has 0 bridgehead atoms. The molecule has 0 fully saturated rings. The number of halogens is 1. The second-order valence-corrected chi connectivity index (χ2v) is 6.96. The summed E-state index contributed by atoms with van der Waals surface area (Å²) in [6, 6.07) is 2.10. The van der Waals surface area contributed by atoms with Crippen molar-refractivity contribution in [3.8, 4) is 0 Å². The van der Waals surface area contributed by atoms with Crippen LogP contribution in [0.1, 0.15) is 45.8 Å². The maximum atomic E-state index is 12.1. The molecule has 0 aromatic carbocycles. The Morgan fingerprint density at radius 2 is 2.15 bits per heavy atom. The fourth-order valence-electron chi connectivity index (χ4n) is 2.40. The zero-order valence-corrected chi connectivity index (χ0v) is 14.2. The predicted molar refractivity (Wildman–Crippen MR) is 87.1 cm³/mol. The first-order valence-electron chi connectivity index (χ1n) is 7.34. The summed E-state index contributed by atoms with van der Waals surface area (Å²) in [6.07, 6.45) is 6.99. The molecule has 0 saturated carbocycles. The van der Waals surface area contributed by atoms with Crippen molar-refractivity contribution in [2.24, 2.45) is 0 Å². The molecule has 0 aliphatic heterocycles. The molecule has 1 heterocycles. The van der Waals surface area contributed by atoms with Gasteiger partial charge in [0.15, 0.2) is 0 Å². The SMILES string of the molecule is O=C(NCCCOCCBr)c1cc2c(s1)CCCCC2. The first kappa shape index (κ1) is 16.0. The summed E-state index contributed by atoms with van der Waals surface area (Å²) in [7, 11) is 0. The molecule has 0 spiro atoms. The molecule has 0 radical (unpaired) electrons. The van der Waals surface area contributed by atoms with Crippen LogP contribution in [0.15, 0.2) is 6.07 Å². The monoisotopic (exact) mass is 359 g/mol. The summed E-state index contributed by atoms with van der Waals surface area (Å²) in [5.74, 6) is 0.0727. The van der Waals surface area contributed by atoms with Crippen LogP contribution in [-0.2, 0) is 17.6 Å². The summed E-state index contributed by atoms with van der Waals surface area (Å²) in [4.78, 5) is 14.4. The third kappa shape index (κ3) is 4.86.